The van der Waals surface area contributed by atoms with Gasteiger partial charge in [-0.3, -0.25) is 0 Å². The molecule has 100 valence electrons. The lowest BCUT2D eigenvalue weighted by molar-refractivity contribution is 0.537. The molecule has 0 spiro atoms. The summed E-state index contributed by atoms with van der Waals surface area (Å²) >= 11 is 0. The molecule has 2 heteroatoms. The Morgan fingerprint density at radius 3 is 2.84 bits per heavy atom. The van der Waals surface area contributed by atoms with Crippen LogP contribution in [0.4, 0.5) is 0 Å². The molecule has 2 aromatic rings. The maximum absolute atomic E-state index is 5.40. The predicted octanol–water partition coefficient (Wildman–Crippen LogP) is 3.41. The summed E-state index contributed by atoms with van der Waals surface area (Å²) < 4.78 is 2.34. The highest BCUT2D eigenvalue weighted by Crippen LogP contribution is 2.20. The quantitative estimate of drug-likeness (QED) is 0.782. The second-order valence-electron chi connectivity index (χ2n) is 5.33. The Morgan fingerprint density at radius 2 is 2.11 bits per heavy atom. The monoisotopic (exact) mass is 254 g/mol. The number of aryl methyl sites for hydroxylation is 1. The minimum Gasteiger partial charge on any atom is -0.342 e. The fourth-order valence-corrected chi connectivity index (χ4v) is 2.34. The van der Waals surface area contributed by atoms with E-state index in [0.717, 1.165) is 26.1 Å². The third-order valence-electron chi connectivity index (χ3n) is 3.23. The molecular weight excluding hydrogens is 232 g/mol. The lowest BCUT2D eigenvalue weighted by Gasteiger charge is -2.11. The van der Waals surface area contributed by atoms with Gasteiger partial charge in [0, 0.05) is 30.7 Å². The number of benzene rings is 1. The highest BCUT2D eigenvalue weighted by atomic mass is 15.0. The average molecular weight is 254 g/mol. The molecular formula is C17H22N2. The highest BCUT2D eigenvalue weighted by Gasteiger charge is 2.07. The largest absolute Gasteiger partial charge is 0.342 e. The molecule has 0 saturated carbocycles. The molecule has 0 bridgehead atoms. The first-order valence-corrected chi connectivity index (χ1v) is 6.93. The summed E-state index contributed by atoms with van der Waals surface area (Å²) in [6.07, 6.45) is 6.17. The van der Waals surface area contributed by atoms with Gasteiger partial charge in [0.05, 0.1) is 0 Å². The maximum Gasteiger partial charge on any atom is 0.0483 e. The van der Waals surface area contributed by atoms with Crippen LogP contribution in [0.3, 0.4) is 0 Å². The standard InChI is InChI=1S/C17H22N2/c1-4-5-10-19-16(13-18-12-14(2)3)11-15-8-6-7-9-17(15)19/h1,6-9,11,14,18H,5,10,12-13H2,2-3H3. The molecule has 0 amide bonds. The van der Waals surface area contributed by atoms with Gasteiger partial charge in [-0.15, -0.1) is 12.3 Å². The molecule has 0 fully saturated rings. The average Bonchev–Trinajstić information content (AvgIpc) is 2.74. The van der Waals surface area contributed by atoms with Gasteiger partial charge in [0.1, 0.15) is 0 Å². The van der Waals surface area contributed by atoms with Crippen molar-refractivity contribution < 1.29 is 0 Å². The van der Waals surface area contributed by atoms with E-state index in [2.05, 4.69) is 60.0 Å². The molecule has 1 aromatic carbocycles. The summed E-state index contributed by atoms with van der Waals surface area (Å²) in [6.45, 7) is 7.28. The number of terminal acetylenes is 1. The summed E-state index contributed by atoms with van der Waals surface area (Å²) in [5.41, 5.74) is 2.59. The fourth-order valence-electron chi connectivity index (χ4n) is 2.34. The lowest BCUT2D eigenvalue weighted by atomic mass is 10.2. The van der Waals surface area contributed by atoms with E-state index in [1.807, 2.05) is 0 Å². The van der Waals surface area contributed by atoms with Gasteiger partial charge in [0.25, 0.3) is 0 Å². The molecule has 0 radical (unpaired) electrons. The Morgan fingerprint density at radius 1 is 1.32 bits per heavy atom. The van der Waals surface area contributed by atoms with E-state index < -0.39 is 0 Å². The summed E-state index contributed by atoms with van der Waals surface area (Å²) in [5.74, 6) is 3.40. The van der Waals surface area contributed by atoms with Gasteiger partial charge >= 0.3 is 0 Å². The molecule has 19 heavy (non-hydrogen) atoms. The number of fused-ring (bicyclic) bond motifs is 1. The van der Waals surface area contributed by atoms with Crippen molar-refractivity contribution in [1.82, 2.24) is 9.88 Å². The van der Waals surface area contributed by atoms with E-state index in [-0.39, 0.29) is 0 Å². The fraction of sp³-hybridized carbons (Fsp3) is 0.412. The number of hydrogen-bond acceptors (Lipinski definition) is 1. The zero-order valence-electron chi connectivity index (χ0n) is 11.8. The van der Waals surface area contributed by atoms with Crippen LogP contribution < -0.4 is 5.32 Å². The molecule has 2 nitrogen and oxygen atoms in total. The molecule has 0 aliphatic heterocycles. The van der Waals surface area contributed by atoms with Crippen LogP contribution in [0, 0.1) is 18.3 Å². The second-order valence-corrected chi connectivity index (χ2v) is 5.33. The summed E-state index contributed by atoms with van der Waals surface area (Å²) in [7, 11) is 0. The van der Waals surface area contributed by atoms with E-state index in [0.29, 0.717) is 5.92 Å². The van der Waals surface area contributed by atoms with Crippen LogP contribution in [0.15, 0.2) is 30.3 Å². The maximum atomic E-state index is 5.40. The summed E-state index contributed by atoms with van der Waals surface area (Å²) in [4.78, 5) is 0. The number of rotatable bonds is 6. The molecule has 1 N–H and O–H groups in total. The Bertz CT molecular complexity index is 572. The molecule has 0 atom stereocenters. The first kappa shape index (κ1) is 13.7. The topological polar surface area (TPSA) is 17.0 Å². The SMILES string of the molecule is C#CCCn1c(CNCC(C)C)cc2ccccc21. The predicted molar refractivity (Wildman–Crippen MR) is 81.9 cm³/mol. The van der Waals surface area contributed by atoms with Crippen LogP contribution in [0.25, 0.3) is 10.9 Å². The van der Waals surface area contributed by atoms with Gasteiger partial charge < -0.3 is 9.88 Å². The van der Waals surface area contributed by atoms with Gasteiger partial charge in [0.2, 0.25) is 0 Å². The first-order valence-electron chi connectivity index (χ1n) is 6.93. The molecule has 1 heterocycles. The summed E-state index contributed by atoms with van der Waals surface area (Å²) in [5, 5.41) is 4.80. The second kappa shape index (κ2) is 6.45. The summed E-state index contributed by atoms with van der Waals surface area (Å²) in [6, 6.07) is 10.8. The smallest absolute Gasteiger partial charge is 0.0483 e. The molecule has 0 aliphatic carbocycles. The van der Waals surface area contributed by atoms with E-state index in [4.69, 9.17) is 6.42 Å². The van der Waals surface area contributed by atoms with Crippen LogP contribution in [0.5, 0.6) is 0 Å². The van der Waals surface area contributed by atoms with Crippen molar-refractivity contribution in [3.05, 3.63) is 36.0 Å². The number of para-hydroxylation sites is 1. The third kappa shape index (κ3) is 3.39. The van der Waals surface area contributed by atoms with Crippen molar-refractivity contribution in [3.63, 3.8) is 0 Å². The van der Waals surface area contributed by atoms with Gasteiger partial charge in [-0.05, 0) is 30.0 Å². The molecule has 2 rings (SSSR count). The molecule has 0 saturated heterocycles. The minimum atomic E-state index is 0.670. The Balaban J connectivity index is 2.22. The van der Waals surface area contributed by atoms with Gasteiger partial charge in [-0.25, -0.2) is 0 Å². The number of aromatic nitrogens is 1. The van der Waals surface area contributed by atoms with Crippen molar-refractivity contribution in [1.29, 1.82) is 0 Å². The Hall–Kier alpha value is -1.72. The van der Waals surface area contributed by atoms with Gasteiger partial charge in [-0.2, -0.15) is 0 Å². The van der Waals surface area contributed by atoms with Crippen molar-refractivity contribution in [2.45, 2.75) is 33.4 Å². The van der Waals surface area contributed by atoms with Crippen LogP contribution in [0.2, 0.25) is 0 Å². The van der Waals surface area contributed by atoms with Crippen molar-refractivity contribution >= 4 is 10.9 Å². The number of nitrogens with zero attached hydrogens (tertiary/aromatic N) is 1. The van der Waals surface area contributed by atoms with E-state index in [9.17, 15) is 0 Å². The van der Waals surface area contributed by atoms with Crippen molar-refractivity contribution in [3.8, 4) is 12.3 Å². The molecule has 0 aliphatic rings. The van der Waals surface area contributed by atoms with E-state index >= 15 is 0 Å². The number of nitrogens with one attached hydrogen (secondary N) is 1. The Labute approximate surface area is 115 Å². The van der Waals surface area contributed by atoms with Crippen LogP contribution >= 0.6 is 0 Å². The normalized spacial score (nSPS) is 11.1. The third-order valence-corrected chi connectivity index (χ3v) is 3.23. The molecule has 1 aromatic heterocycles. The van der Waals surface area contributed by atoms with Gasteiger partial charge in [-0.1, -0.05) is 32.0 Å². The zero-order chi connectivity index (χ0) is 13.7. The Kier molecular flexibility index (Phi) is 4.65. The van der Waals surface area contributed by atoms with Crippen LogP contribution in [0.1, 0.15) is 26.0 Å². The number of hydrogen-bond donors (Lipinski definition) is 1. The van der Waals surface area contributed by atoms with Crippen LogP contribution in [-0.2, 0) is 13.1 Å². The van der Waals surface area contributed by atoms with Crippen molar-refractivity contribution in [2.75, 3.05) is 6.54 Å². The van der Waals surface area contributed by atoms with E-state index in [1.165, 1.54) is 16.6 Å². The van der Waals surface area contributed by atoms with Crippen molar-refractivity contribution in [2.24, 2.45) is 5.92 Å². The van der Waals surface area contributed by atoms with E-state index in [1.54, 1.807) is 0 Å². The molecule has 0 unspecified atom stereocenters. The highest BCUT2D eigenvalue weighted by molar-refractivity contribution is 5.81. The van der Waals surface area contributed by atoms with Crippen LogP contribution in [-0.4, -0.2) is 11.1 Å². The minimum absolute atomic E-state index is 0.670. The lowest BCUT2D eigenvalue weighted by Crippen LogP contribution is -2.20. The zero-order valence-corrected chi connectivity index (χ0v) is 11.8. The first-order chi connectivity index (χ1) is 9.22. The van der Waals surface area contributed by atoms with Gasteiger partial charge in [0.15, 0.2) is 0 Å².